The summed E-state index contributed by atoms with van der Waals surface area (Å²) >= 11 is 0. The van der Waals surface area contributed by atoms with E-state index in [-0.39, 0.29) is 5.91 Å². The van der Waals surface area contributed by atoms with Crippen molar-refractivity contribution in [1.82, 2.24) is 4.68 Å². The van der Waals surface area contributed by atoms with Crippen LogP contribution in [-0.4, -0.2) is 17.1 Å². The number of carbonyl (C=O) groups excluding carboxylic acids is 1. The number of hydrogen-bond acceptors (Lipinski definition) is 2. The van der Waals surface area contributed by atoms with Crippen LogP contribution in [0, 0.1) is 5.92 Å². The van der Waals surface area contributed by atoms with Gasteiger partial charge >= 0.3 is 0 Å². The molecule has 0 bridgehead atoms. The van der Waals surface area contributed by atoms with Crippen LogP contribution in [0.15, 0.2) is 24.5 Å². The molecule has 1 aromatic heterocycles. The quantitative estimate of drug-likeness (QED) is 0.739. The lowest BCUT2D eigenvalue weighted by atomic mass is 9.97. The normalized spacial score (nSPS) is 12.4. The molecule has 0 aromatic carbocycles. The maximum absolute atomic E-state index is 11.6. The van der Waals surface area contributed by atoms with Gasteiger partial charge in [0.25, 0.3) is 0 Å². The van der Waals surface area contributed by atoms with E-state index in [9.17, 15) is 4.79 Å². The van der Waals surface area contributed by atoms with E-state index in [1.807, 2.05) is 24.5 Å². The first kappa shape index (κ1) is 12.8. The molecule has 90 valence electrons. The van der Waals surface area contributed by atoms with Gasteiger partial charge in [-0.3, -0.25) is 14.9 Å². The average molecular weight is 223 g/mol. The summed E-state index contributed by atoms with van der Waals surface area (Å²) in [7, 11) is 0. The Hall–Kier alpha value is -1.29. The second-order valence-electron chi connectivity index (χ2n) is 4.02. The Morgan fingerprint density at radius 1 is 1.38 bits per heavy atom. The van der Waals surface area contributed by atoms with Gasteiger partial charge < -0.3 is 5.73 Å². The van der Waals surface area contributed by atoms with Gasteiger partial charge in [-0.05, 0) is 37.4 Å². The summed E-state index contributed by atoms with van der Waals surface area (Å²) in [5, 5.41) is 0. The van der Waals surface area contributed by atoms with Crippen LogP contribution < -0.4 is 11.2 Å². The van der Waals surface area contributed by atoms with Crippen molar-refractivity contribution in [2.75, 3.05) is 12.0 Å². The van der Waals surface area contributed by atoms with Crippen LogP contribution in [0.5, 0.6) is 0 Å². The number of hydrogen-bond donors (Lipinski definition) is 2. The van der Waals surface area contributed by atoms with Gasteiger partial charge in [0.2, 0.25) is 5.91 Å². The van der Waals surface area contributed by atoms with Gasteiger partial charge in [0.15, 0.2) is 0 Å². The van der Waals surface area contributed by atoms with E-state index in [0.29, 0.717) is 18.9 Å². The molecule has 1 heterocycles. The van der Waals surface area contributed by atoms with E-state index in [0.717, 1.165) is 19.3 Å². The van der Waals surface area contributed by atoms with Crippen LogP contribution in [0.4, 0.5) is 0 Å². The lowest BCUT2D eigenvalue weighted by Gasteiger charge is -2.13. The van der Waals surface area contributed by atoms with Crippen LogP contribution >= 0.6 is 0 Å². The van der Waals surface area contributed by atoms with Gasteiger partial charge in [0.05, 0.1) is 0 Å². The van der Waals surface area contributed by atoms with Crippen molar-refractivity contribution in [3.63, 3.8) is 0 Å². The Morgan fingerprint density at radius 3 is 2.62 bits per heavy atom. The minimum Gasteiger partial charge on any atom is -0.330 e. The molecule has 3 N–H and O–H groups in total. The van der Waals surface area contributed by atoms with E-state index in [1.54, 1.807) is 4.68 Å². The van der Waals surface area contributed by atoms with Gasteiger partial charge in [0, 0.05) is 18.8 Å². The number of nitrogens with two attached hydrogens (primary N) is 1. The molecule has 1 amide bonds. The number of nitrogens with one attached hydrogen (secondary N) is 1. The fourth-order valence-corrected chi connectivity index (χ4v) is 1.73. The molecular formula is C12H21N3O. The van der Waals surface area contributed by atoms with E-state index in [1.165, 1.54) is 0 Å². The summed E-state index contributed by atoms with van der Waals surface area (Å²) < 4.78 is 1.67. The standard InChI is InChI=1S/C12H21N3O/c1-2-11(7-8-13)5-6-12(16)14-15-9-3-4-10-15/h3-4,9-11H,2,5-8,13H2,1H3,(H,14,16). The zero-order valence-electron chi connectivity index (χ0n) is 9.86. The van der Waals surface area contributed by atoms with Crippen molar-refractivity contribution in [3.05, 3.63) is 24.5 Å². The zero-order chi connectivity index (χ0) is 11.8. The van der Waals surface area contributed by atoms with E-state index >= 15 is 0 Å². The van der Waals surface area contributed by atoms with Crippen molar-refractivity contribution in [3.8, 4) is 0 Å². The molecule has 0 aliphatic carbocycles. The summed E-state index contributed by atoms with van der Waals surface area (Å²) in [6.45, 7) is 2.85. The third kappa shape index (κ3) is 4.49. The van der Waals surface area contributed by atoms with E-state index < -0.39 is 0 Å². The zero-order valence-corrected chi connectivity index (χ0v) is 9.86. The summed E-state index contributed by atoms with van der Waals surface area (Å²) in [4.78, 5) is 11.6. The van der Waals surface area contributed by atoms with Crippen molar-refractivity contribution >= 4 is 5.91 Å². The smallest absolute Gasteiger partial charge is 0.238 e. The van der Waals surface area contributed by atoms with Crippen molar-refractivity contribution < 1.29 is 4.79 Å². The van der Waals surface area contributed by atoms with Gasteiger partial charge in [-0.2, -0.15) is 0 Å². The van der Waals surface area contributed by atoms with Crippen LogP contribution in [0.3, 0.4) is 0 Å². The number of carbonyl (C=O) groups is 1. The molecule has 1 unspecified atom stereocenters. The highest BCUT2D eigenvalue weighted by molar-refractivity contribution is 5.83. The molecule has 1 aromatic rings. The SMILES string of the molecule is CCC(CCN)CCC(=O)Nn1cccc1. The van der Waals surface area contributed by atoms with E-state index in [4.69, 9.17) is 5.73 Å². The molecule has 4 heteroatoms. The molecule has 0 fully saturated rings. The van der Waals surface area contributed by atoms with Crippen LogP contribution in [0.1, 0.15) is 32.6 Å². The highest BCUT2D eigenvalue weighted by atomic mass is 16.2. The van der Waals surface area contributed by atoms with Crippen molar-refractivity contribution in [2.24, 2.45) is 11.7 Å². The second-order valence-corrected chi connectivity index (χ2v) is 4.02. The van der Waals surface area contributed by atoms with Gasteiger partial charge in [-0.25, -0.2) is 0 Å². The van der Waals surface area contributed by atoms with Gasteiger partial charge in [-0.15, -0.1) is 0 Å². The molecule has 1 atom stereocenters. The first-order chi connectivity index (χ1) is 7.76. The monoisotopic (exact) mass is 223 g/mol. The number of aromatic nitrogens is 1. The topological polar surface area (TPSA) is 60.1 Å². The number of amides is 1. The Kier molecular flexibility index (Phi) is 5.64. The first-order valence-electron chi connectivity index (χ1n) is 5.89. The average Bonchev–Trinajstić information content (AvgIpc) is 2.76. The molecule has 16 heavy (non-hydrogen) atoms. The van der Waals surface area contributed by atoms with Gasteiger partial charge in [0.1, 0.15) is 0 Å². The largest absolute Gasteiger partial charge is 0.330 e. The maximum Gasteiger partial charge on any atom is 0.238 e. The molecule has 1 rings (SSSR count). The van der Waals surface area contributed by atoms with Gasteiger partial charge in [-0.1, -0.05) is 13.3 Å². The molecular weight excluding hydrogens is 202 g/mol. The predicted octanol–water partition coefficient (Wildman–Crippen LogP) is 1.71. The molecule has 0 spiro atoms. The summed E-state index contributed by atoms with van der Waals surface area (Å²) in [6, 6.07) is 3.76. The van der Waals surface area contributed by atoms with Crippen LogP contribution in [0.2, 0.25) is 0 Å². The first-order valence-corrected chi connectivity index (χ1v) is 5.89. The molecule has 0 saturated heterocycles. The van der Waals surface area contributed by atoms with E-state index in [2.05, 4.69) is 12.3 Å². The number of nitrogens with zero attached hydrogens (tertiary/aromatic N) is 1. The van der Waals surface area contributed by atoms with Crippen LogP contribution in [0.25, 0.3) is 0 Å². The molecule has 0 aliphatic rings. The second kappa shape index (κ2) is 7.06. The Bertz CT molecular complexity index is 295. The Balaban J connectivity index is 2.24. The lowest BCUT2D eigenvalue weighted by molar-refractivity contribution is -0.117. The lowest BCUT2D eigenvalue weighted by Crippen LogP contribution is -2.22. The maximum atomic E-state index is 11.6. The van der Waals surface area contributed by atoms with Crippen molar-refractivity contribution in [2.45, 2.75) is 32.6 Å². The summed E-state index contributed by atoms with van der Waals surface area (Å²) in [5.74, 6) is 0.632. The Labute approximate surface area is 96.8 Å². The summed E-state index contributed by atoms with van der Waals surface area (Å²) in [5.41, 5.74) is 8.31. The minimum absolute atomic E-state index is 0.0617. The summed E-state index contributed by atoms with van der Waals surface area (Å²) in [6.07, 6.45) is 7.21. The Morgan fingerprint density at radius 2 is 2.06 bits per heavy atom. The fourth-order valence-electron chi connectivity index (χ4n) is 1.73. The highest BCUT2D eigenvalue weighted by Crippen LogP contribution is 2.14. The molecule has 4 nitrogen and oxygen atoms in total. The predicted molar refractivity (Wildman–Crippen MR) is 65.5 cm³/mol. The van der Waals surface area contributed by atoms with Crippen molar-refractivity contribution in [1.29, 1.82) is 0 Å². The fraction of sp³-hybridized carbons (Fsp3) is 0.583. The van der Waals surface area contributed by atoms with Crippen LogP contribution in [-0.2, 0) is 4.79 Å². The molecule has 0 saturated carbocycles. The minimum atomic E-state index is 0.0617. The molecule has 0 radical (unpaired) electrons. The number of rotatable bonds is 7. The highest BCUT2D eigenvalue weighted by Gasteiger charge is 2.08. The molecule has 0 aliphatic heterocycles. The third-order valence-corrected chi connectivity index (χ3v) is 2.79. The third-order valence-electron chi connectivity index (χ3n) is 2.79.